The third kappa shape index (κ3) is 2.82. The van der Waals surface area contributed by atoms with Crippen molar-refractivity contribution in [2.24, 2.45) is 0 Å². The van der Waals surface area contributed by atoms with Crippen LogP contribution in [0.5, 0.6) is 0 Å². The van der Waals surface area contributed by atoms with Crippen LogP contribution < -0.4 is 4.90 Å². The van der Waals surface area contributed by atoms with E-state index >= 15 is 0 Å². The average Bonchev–Trinajstić information content (AvgIpc) is 2.39. The lowest BCUT2D eigenvalue weighted by Crippen LogP contribution is -2.49. The van der Waals surface area contributed by atoms with E-state index < -0.39 is 6.10 Å². The molecule has 0 spiro atoms. The van der Waals surface area contributed by atoms with Crippen molar-refractivity contribution in [1.82, 2.24) is 9.88 Å². The molecular formula is C14H23N3O. The largest absolute Gasteiger partial charge is 0.389 e. The van der Waals surface area contributed by atoms with Gasteiger partial charge in [0.05, 0.1) is 6.10 Å². The van der Waals surface area contributed by atoms with E-state index in [0.717, 1.165) is 37.6 Å². The Labute approximate surface area is 109 Å². The maximum Gasteiger partial charge on any atom is 0.134 e. The van der Waals surface area contributed by atoms with Crippen LogP contribution in [0.25, 0.3) is 0 Å². The highest BCUT2D eigenvalue weighted by Gasteiger charge is 2.22. The zero-order valence-corrected chi connectivity index (χ0v) is 11.5. The van der Waals surface area contributed by atoms with Crippen molar-refractivity contribution in [3.63, 3.8) is 0 Å². The summed E-state index contributed by atoms with van der Waals surface area (Å²) in [6.45, 7) is 10.4. The van der Waals surface area contributed by atoms with Crippen LogP contribution in [-0.4, -0.2) is 47.2 Å². The van der Waals surface area contributed by atoms with Gasteiger partial charge in [-0.05, 0) is 26.8 Å². The number of rotatable bonds is 3. The Morgan fingerprint density at radius 3 is 2.39 bits per heavy atom. The lowest BCUT2D eigenvalue weighted by atomic mass is 10.1. The first-order valence-corrected chi connectivity index (χ1v) is 6.71. The average molecular weight is 249 g/mol. The molecular weight excluding hydrogens is 226 g/mol. The van der Waals surface area contributed by atoms with Gasteiger partial charge in [0.1, 0.15) is 5.82 Å². The summed E-state index contributed by atoms with van der Waals surface area (Å²) in [6, 6.07) is 4.45. The summed E-state index contributed by atoms with van der Waals surface area (Å²) in [7, 11) is 0. The molecule has 0 radical (unpaired) electrons. The van der Waals surface area contributed by atoms with Gasteiger partial charge in [-0.1, -0.05) is 6.07 Å². The molecule has 18 heavy (non-hydrogen) atoms. The molecule has 4 heteroatoms. The van der Waals surface area contributed by atoms with Crippen LogP contribution in [0.1, 0.15) is 32.4 Å². The maximum atomic E-state index is 9.80. The number of piperazine rings is 1. The first-order valence-electron chi connectivity index (χ1n) is 6.71. The Balaban J connectivity index is 2.10. The Bertz CT molecular complexity index is 384. The van der Waals surface area contributed by atoms with E-state index in [1.165, 1.54) is 0 Å². The second-order valence-electron chi connectivity index (χ2n) is 5.21. The van der Waals surface area contributed by atoms with Crippen molar-refractivity contribution in [1.29, 1.82) is 0 Å². The molecule has 1 fully saturated rings. The molecule has 0 aromatic carbocycles. The molecule has 0 amide bonds. The lowest BCUT2D eigenvalue weighted by molar-refractivity contribution is 0.195. The Morgan fingerprint density at radius 2 is 1.83 bits per heavy atom. The van der Waals surface area contributed by atoms with Gasteiger partial charge in [0.25, 0.3) is 0 Å². The number of pyridine rings is 1. The standard InChI is InChI=1S/C14H23N3O/c1-11(2)16-7-9-17(10-8-16)14-13(12(3)18)5-4-6-15-14/h4-6,11-12,18H,7-10H2,1-3H3/t12-/m0/s1. The molecule has 0 aliphatic carbocycles. The van der Waals surface area contributed by atoms with Crippen LogP contribution in [0.3, 0.4) is 0 Å². The molecule has 0 unspecified atom stereocenters. The van der Waals surface area contributed by atoms with E-state index in [-0.39, 0.29) is 0 Å². The number of nitrogens with zero attached hydrogens (tertiary/aromatic N) is 3. The highest BCUT2D eigenvalue weighted by molar-refractivity contribution is 5.48. The molecule has 100 valence electrons. The van der Waals surface area contributed by atoms with Gasteiger partial charge in [-0.3, -0.25) is 4.90 Å². The van der Waals surface area contributed by atoms with Crippen LogP contribution in [0.15, 0.2) is 18.3 Å². The molecule has 0 bridgehead atoms. The minimum Gasteiger partial charge on any atom is -0.389 e. The number of anilines is 1. The molecule has 1 N–H and O–H groups in total. The Kier molecular flexibility index (Phi) is 4.19. The first kappa shape index (κ1) is 13.3. The molecule has 1 aliphatic heterocycles. The summed E-state index contributed by atoms with van der Waals surface area (Å²) in [5, 5.41) is 9.80. The summed E-state index contributed by atoms with van der Waals surface area (Å²) in [5.41, 5.74) is 0.926. The molecule has 1 aromatic rings. The van der Waals surface area contributed by atoms with Crippen LogP contribution >= 0.6 is 0 Å². The normalized spacial score (nSPS) is 19.3. The number of hydrogen-bond acceptors (Lipinski definition) is 4. The van der Waals surface area contributed by atoms with E-state index in [2.05, 4.69) is 28.6 Å². The summed E-state index contributed by atoms with van der Waals surface area (Å²) in [6.07, 6.45) is 1.34. The minimum absolute atomic E-state index is 0.461. The molecule has 1 aliphatic rings. The van der Waals surface area contributed by atoms with Crippen molar-refractivity contribution in [3.05, 3.63) is 23.9 Å². The van der Waals surface area contributed by atoms with Crippen LogP contribution in [0.2, 0.25) is 0 Å². The first-order chi connectivity index (χ1) is 8.59. The molecule has 1 saturated heterocycles. The molecule has 0 saturated carbocycles. The van der Waals surface area contributed by atoms with Crippen LogP contribution in [0.4, 0.5) is 5.82 Å². The maximum absolute atomic E-state index is 9.80. The van der Waals surface area contributed by atoms with Crippen LogP contribution in [-0.2, 0) is 0 Å². The fourth-order valence-corrected chi connectivity index (χ4v) is 2.45. The van der Waals surface area contributed by atoms with Gasteiger partial charge in [-0.25, -0.2) is 4.98 Å². The quantitative estimate of drug-likeness (QED) is 0.884. The summed E-state index contributed by atoms with van der Waals surface area (Å²) in [4.78, 5) is 9.19. The van der Waals surface area contributed by atoms with E-state index in [4.69, 9.17) is 0 Å². The highest BCUT2D eigenvalue weighted by atomic mass is 16.3. The van der Waals surface area contributed by atoms with E-state index in [1.54, 1.807) is 13.1 Å². The van der Waals surface area contributed by atoms with Crippen molar-refractivity contribution in [3.8, 4) is 0 Å². The Morgan fingerprint density at radius 1 is 1.17 bits per heavy atom. The van der Waals surface area contributed by atoms with Gasteiger partial charge in [0.2, 0.25) is 0 Å². The molecule has 1 aromatic heterocycles. The summed E-state index contributed by atoms with van der Waals surface area (Å²) < 4.78 is 0. The van der Waals surface area contributed by atoms with Gasteiger partial charge in [0.15, 0.2) is 0 Å². The van der Waals surface area contributed by atoms with E-state index in [9.17, 15) is 5.11 Å². The smallest absolute Gasteiger partial charge is 0.134 e. The number of aromatic nitrogens is 1. The van der Waals surface area contributed by atoms with Crippen molar-refractivity contribution in [2.75, 3.05) is 31.1 Å². The predicted octanol–water partition coefficient (Wildman–Crippen LogP) is 1.67. The Hall–Kier alpha value is -1.13. The third-order valence-electron chi connectivity index (χ3n) is 3.61. The SMILES string of the molecule is CC(C)N1CCN(c2ncccc2[C@H](C)O)CC1. The van der Waals surface area contributed by atoms with E-state index in [0.29, 0.717) is 6.04 Å². The molecule has 4 nitrogen and oxygen atoms in total. The molecule has 2 rings (SSSR count). The molecule has 1 atom stereocenters. The fourth-order valence-electron chi connectivity index (χ4n) is 2.45. The minimum atomic E-state index is -0.461. The van der Waals surface area contributed by atoms with E-state index in [1.807, 2.05) is 12.1 Å². The number of aliphatic hydroxyl groups excluding tert-OH is 1. The van der Waals surface area contributed by atoms with Crippen LogP contribution in [0, 0.1) is 0 Å². The third-order valence-corrected chi connectivity index (χ3v) is 3.61. The van der Waals surface area contributed by atoms with Gasteiger partial charge in [-0.2, -0.15) is 0 Å². The van der Waals surface area contributed by atoms with Crippen molar-refractivity contribution in [2.45, 2.75) is 32.9 Å². The number of hydrogen-bond donors (Lipinski definition) is 1. The van der Waals surface area contributed by atoms with Gasteiger partial charge < -0.3 is 10.0 Å². The van der Waals surface area contributed by atoms with Crippen molar-refractivity contribution >= 4 is 5.82 Å². The van der Waals surface area contributed by atoms with Gasteiger partial charge in [-0.15, -0.1) is 0 Å². The fraction of sp³-hybridized carbons (Fsp3) is 0.643. The van der Waals surface area contributed by atoms with Gasteiger partial charge >= 0.3 is 0 Å². The second kappa shape index (κ2) is 5.67. The second-order valence-corrected chi connectivity index (χ2v) is 5.21. The summed E-state index contributed by atoms with van der Waals surface area (Å²) >= 11 is 0. The highest BCUT2D eigenvalue weighted by Crippen LogP contribution is 2.24. The summed E-state index contributed by atoms with van der Waals surface area (Å²) in [5.74, 6) is 0.941. The van der Waals surface area contributed by atoms with Crippen molar-refractivity contribution < 1.29 is 5.11 Å². The lowest BCUT2D eigenvalue weighted by Gasteiger charge is -2.38. The number of aliphatic hydroxyl groups is 1. The topological polar surface area (TPSA) is 39.6 Å². The predicted molar refractivity (Wildman–Crippen MR) is 73.8 cm³/mol. The molecule has 2 heterocycles. The zero-order chi connectivity index (χ0) is 13.1. The monoisotopic (exact) mass is 249 g/mol. The van der Waals surface area contributed by atoms with Gasteiger partial charge in [0, 0.05) is 44.0 Å². The zero-order valence-electron chi connectivity index (χ0n) is 11.5.